The lowest BCUT2D eigenvalue weighted by Crippen LogP contribution is -2.54. The molecule has 7 N–H and O–H groups in total. The first kappa shape index (κ1) is 33.5. The number of sulfone groups is 1. The number of nitrogens with zero attached hydrogens (tertiary/aromatic N) is 1. The minimum absolute atomic E-state index is 0.0203. The summed E-state index contributed by atoms with van der Waals surface area (Å²) in [5.41, 5.74) is 1.84. The third-order valence-corrected chi connectivity index (χ3v) is 6.55. The van der Waals surface area contributed by atoms with Crippen LogP contribution in [0.25, 0.3) is 0 Å². The van der Waals surface area contributed by atoms with Crippen molar-refractivity contribution in [2.75, 3.05) is 12.8 Å². The van der Waals surface area contributed by atoms with Crippen LogP contribution in [0.15, 0.2) is 29.2 Å². The standard InChI is InChI=1S/C22H35BN6O9S/c1-14(2)13-19(23(33)34)27-21(32)17(5-4-12-25-22(24)28-29(35)36)26-20(31)11-10-18(30)15-6-8-16(9-7-15)39(3,37)38/h6-9,14,17,19,33-34H,4-5,10-13H2,1-3H3,(H,26,31)(H,27,32)(H3,24,25,28)/t17-,19-/m0/s1. The highest BCUT2D eigenvalue weighted by Crippen LogP contribution is 2.13. The normalized spacial score (nSPS) is 12.7. The molecule has 216 valence electrons. The lowest BCUT2D eigenvalue weighted by Gasteiger charge is -2.24. The van der Waals surface area contributed by atoms with Gasteiger partial charge in [-0.25, -0.2) is 18.5 Å². The van der Waals surface area contributed by atoms with Gasteiger partial charge < -0.3 is 26.0 Å². The minimum atomic E-state index is -3.43. The molecule has 0 aliphatic rings. The van der Waals surface area contributed by atoms with Gasteiger partial charge in [-0.15, -0.1) is 0 Å². The summed E-state index contributed by atoms with van der Waals surface area (Å²) >= 11 is 0. The number of hydrazine groups is 1. The Hall–Kier alpha value is -3.57. The number of ketones is 1. The molecule has 2 amide bonds. The highest BCUT2D eigenvalue weighted by atomic mass is 32.2. The Labute approximate surface area is 226 Å². The second-order valence-electron chi connectivity index (χ2n) is 9.31. The molecule has 0 radical (unpaired) electrons. The van der Waals surface area contributed by atoms with Crippen LogP contribution in [0.1, 0.15) is 56.3 Å². The summed E-state index contributed by atoms with van der Waals surface area (Å²) in [5.74, 6) is -3.27. The van der Waals surface area contributed by atoms with Crippen LogP contribution in [0, 0.1) is 21.4 Å². The van der Waals surface area contributed by atoms with E-state index in [2.05, 4.69) is 16.0 Å². The summed E-state index contributed by atoms with van der Waals surface area (Å²) in [4.78, 5) is 48.4. The molecule has 39 heavy (non-hydrogen) atoms. The quantitative estimate of drug-likeness (QED) is 0.0246. The average Bonchev–Trinajstić information content (AvgIpc) is 2.82. The summed E-state index contributed by atoms with van der Waals surface area (Å²) in [6, 6.07) is 4.15. The van der Waals surface area contributed by atoms with Gasteiger partial charge in [0.15, 0.2) is 20.7 Å². The van der Waals surface area contributed by atoms with Gasteiger partial charge in [-0.2, -0.15) is 0 Å². The Balaban J connectivity index is 2.81. The molecule has 0 aliphatic heterocycles. The Kier molecular flexibility index (Phi) is 13.5. The Morgan fingerprint density at radius 2 is 1.72 bits per heavy atom. The van der Waals surface area contributed by atoms with E-state index in [9.17, 15) is 43.0 Å². The first-order valence-electron chi connectivity index (χ1n) is 12.1. The number of benzene rings is 1. The first-order chi connectivity index (χ1) is 18.1. The number of nitrogens with one attached hydrogen (secondary N) is 5. The highest BCUT2D eigenvalue weighted by Gasteiger charge is 2.29. The van der Waals surface area contributed by atoms with Crippen molar-refractivity contribution in [1.82, 2.24) is 21.4 Å². The van der Waals surface area contributed by atoms with Crippen LogP contribution in [-0.2, 0) is 19.4 Å². The molecule has 17 heteroatoms. The van der Waals surface area contributed by atoms with Crippen LogP contribution in [0.2, 0.25) is 0 Å². The van der Waals surface area contributed by atoms with E-state index in [0.29, 0.717) is 0 Å². The molecule has 0 aliphatic carbocycles. The van der Waals surface area contributed by atoms with E-state index < -0.39 is 57.5 Å². The predicted molar refractivity (Wildman–Crippen MR) is 142 cm³/mol. The maximum Gasteiger partial charge on any atom is 0.475 e. The average molecular weight is 570 g/mol. The molecule has 1 aromatic rings. The maximum absolute atomic E-state index is 12.9. The van der Waals surface area contributed by atoms with Crippen molar-refractivity contribution < 1.29 is 37.9 Å². The topological polar surface area (TPSA) is 241 Å². The summed E-state index contributed by atoms with van der Waals surface area (Å²) in [6.07, 6.45) is 1.03. The third kappa shape index (κ3) is 13.2. The third-order valence-electron chi connectivity index (χ3n) is 5.42. The molecule has 0 unspecified atom stereocenters. The molecule has 0 fully saturated rings. The van der Waals surface area contributed by atoms with Crippen molar-refractivity contribution in [3.05, 3.63) is 39.9 Å². The molecule has 0 aromatic heterocycles. The Bertz CT molecular complexity index is 1130. The van der Waals surface area contributed by atoms with E-state index in [1.807, 2.05) is 13.8 Å². The lowest BCUT2D eigenvalue weighted by atomic mass is 9.75. The van der Waals surface area contributed by atoms with Crippen molar-refractivity contribution in [1.29, 1.82) is 5.41 Å². The van der Waals surface area contributed by atoms with Gasteiger partial charge in [0.25, 0.3) is 5.96 Å². The molecule has 0 bridgehead atoms. The molecule has 1 aromatic carbocycles. The van der Waals surface area contributed by atoms with E-state index in [-0.39, 0.29) is 55.0 Å². The van der Waals surface area contributed by atoms with Gasteiger partial charge in [0.2, 0.25) is 11.8 Å². The summed E-state index contributed by atoms with van der Waals surface area (Å²) < 4.78 is 23.1. The smallest absolute Gasteiger partial charge is 0.426 e. The zero-order valence-corrected chi connectivity index (χ0v) is 22.8. The zero-order valence-electron chi connectivity index (χ0n) is 22.0. The molecule has 15 nitrogen and oxygen atoms in total. The number of amides is 2. The number of Topliss-reactive ketones (excluding diaryl/α,β-unsaturated/α-hetero) is 1. The van der Waals surface area contributed by atoms with Gasteiger partial charge in [0.05, 0.1) is 10.8 Å². The number of hydrogen-bond acceptors (Lipinski definition) is 10. The van der Waals surface area contributed by atoms with Crippen LogP contribution >= 0.6 is 0 Å². The highest BCUT2D eigenvalue weighted by molar-refractivity contribution is 7.90. The fraction of sp³-hybridized carbons (Fsp3) is 0.545. The molecular weight excluding hydrogens is 535 g/mol. The van der Waals surface area contributed by atoms with E-state index in [0.717, 1.165) is 6.26 Å². The van der Waals surface area contributed by atoms with Crippen molar-refractivity contribution in [3.63, 3.8) is 0 Å². The van der Waals surface area contributed by atoms with Gasteiger partial charge >= 0.3 is 7.12 Å². The molecule has 1 rings (SSSR count). The fourth-order valence-corrected chi connectivity index (χ4v) is 4.12. The second-order valence-corrected chi connectivity index (χ2v) is 11.3. The van der Waals surface area contributed by atoms with Crippen LogP contribution in [0.3, 0.4) is 0 Å². The molecule has 0 spiro atoms. The van der Waals surface area contributed by atoms with Gasteiger partial charge in [-0.05, 0) is 37.3 Å². The van der Waals surface area contributed by atoms with Crippen molar-refractivity contribution in [3.8, 4) is 0 Å². The Morgan fingerprint density at radius 1 is 1.10 bits per heavy atom. The Morgan fingerprint density at radius 3 is 2.23 bits per heavy atom. The molecule has 0 saturated carbocycles. The molecule has 2 atom stereocenters. The SMILES string of the molecule is CC(C)C[C@H](NC(=O)[C@H](CCCNC(=N)N[N+](=O)[O-])NC(=O)CCC(=O)c1ccc(S(C)(=O)=O)cc1)B(O)O. The number of carbonyl (C=O) groups excluding carboxylic acids is 3. The second kappa shape index (κ2) is 15.8. The number of guanidine groups is 1. The van der Waals surface area contributed by atoms with Gasteiger partial charge in [0.1, 0.15) is 6.04 Å². The van der Waals surface area contributed by atoms with Crippen LogP contribution in [-0.4, -0.2) is 79.0 Å². The molecular formula is C22H35BN6O9S. The predicted octanol–water partition coefficient (Wildman–Crippen LogP) is -0.833. The lowest BCUT2D eigenvalue weighted by molar-refractivity contribution is -0.525. The van der Waals surface area contributed by atoms with Crippen LogP contribution in [0.5, 0.6) is 0 Å². The van der Waals surface area contributed by atoms with E-state index in [4.69, 9.17) is 5.41 Å². The summed E-state index contributed by atoms with van der Waals surface area (Å²) in [6.45, 7) is 3.71. The fourth-order valence-electron chi connectivity index (χ4n) is 3.49. The number of rotatable bonds is 16. The maximum atomic E-state index is 12.9. The van der Waals surface area contributed by atoms with Gasteiger partial charge in [-0.3, -0.25) is 19.8 Å². The minimum Gasteiger partial charge on any atom is -0.426 e. The molecule has 0 heterocycles. The first-order valence-corrected chi connectivity index (χ1v) is 14.0. The number of carbonyl (C=O) groups is 3. The van der Waals surface area contributed by atoms with Crippen molar-refractivity contribution >= 4 is 40.5 Å². The zero-order chi connectivity index (χ0) is 29.8. The summed E-state index contributed by atoms with van der Waals surface area (Å²) in [5, 5.41) is 43.6. The summed E-state index contributed by atoms with van der Waals surface area (Å²) in [7, 11) is -5.27. The van der Waals surface area contributed by atoms with Crippen LogP contribution in [0.4, 0.5) is 0 Å². The number of hydrogen-bond donors (Lipinski definition) is 7. The van der Waals surface area contributed by atoms with E-state index in [1.54, 1.807) is 5.43 Å². The van der Waals surface area contributed by atoms with Gasteiger partial charge in [-0.1, -0.05) is 31.4 Å². The van der Waals surface area contributed by atoms with Crippen molar-refractivity contribution in [2.24, 2.45) is 5.92 Å². The monoisotopic (exact) mass is 570 g/mol. The molecule has 0 saturated heterocycles. The van der Waals surface area contributed by atoms with E-state index >= 15 is 0 Å². The number of nitro groups is 1. The van der Waals surface area contributed by atoms with Gasteiger partial charge in [0, 0.05) is 31.2 Å². The largest absolute Gasteiger partial charge is 0.475 e. The van der Waals surface area contributed by atoms with Crippen molar-refractivity contribution in [2.45, 2.75) is 62.8 Å². The van der Waals surface area contributed by atoms with E-state index in [1.165, 1.54) is 24.3 Å². The van der Waals surface area contributed by atoms with Crippen LogP contribution < -0.4 is 21.4 Å².